The zero-order valence-electron chi connectivity index (χ0n) is 15.1. The number of hydrogen-bond acceptors (Lipinski definition) is 6. The van der Waals surface area contributed by atoms with E-state index in [4.69, 9.17) is 4.52 Å². The molecule has 2 N–H and O–H groups in total. The van der Waals surface area contributed by atoms with Gasteiger partial charge >= 0.3 is 0 Å². The molecule has 0 aliphatic carbocycles. The molecular weight excluding hydrogens is 386 g/mol. The normalized spacial score (nSPS) is 11.5. The number of aryl methyl sites for hydroxylation is 2. The van der Waals surface area contributed by atoms with E-state index in [1.54, 1.807) is 32.0 Å². The van der Waals surface area contributed by atoms with E-state index in [2.05, 4.69) is 15.2 Å². The lowest BCUT2D eigenvalue weighted by molar-refractivity contribution is -0.114. The Morgan fingerprint density at radius 2 is 2.04 bits per heavy atom. The summed E-state index contributed by atoms with van der Waals surface area (Å²) in [5.74, 6) is -0.108. The molecule has 0 unspecified atom stereocenters. The van der Waals surface area contributed by atoms with E-state index in [1.165, 1.54) is 18.3 Å². The van der Waals surface area contributed by atoms with Crippen molar-refractivity contribution in [2.45, 2.75) is 32.2 Å². The van der Waals surface area contributed by atoms with Gasteiger partial charge in [-0.15, -0.1) is 11.3 Å². The highest BCUT2D eigenvalue weighted by Gasteiger charge is 2.21. The predicted octanol–water partition coefficient (Wildman–Crippen LogP) is 3.46. The summed E-state index contributed by atoms with van der Waals surface area (Å²) in [4.78, 5) is 12.5. The molecule has 0 atom stereocenters. The fourth-order valence-electron chi connectivity index (χ4n) is 2.66. The lowest BCUT2D eigenvalue weighted by atomic mass is 10.0. The molecule has 27 heavy (non-hydrogen) atoms. The molecular formula is C18H19N3O4S2. The zero-order chi connectivity index (χ0) is 19.6. The highest BCUT2D eigenvalue weighted by atomic mass is 32.2. The van der Waals surface area contributed by atoms with Crippen LogP contribution in [0.15, 0.2) is 45.1 Å². The van der Waals surface area contributed by atoms with Crippen LogP contribution in [-0.4, -0.2) is 19.5 Å². The van der Waals surface area contributed by atoms with E-state index < -0.39 is 10.0 Å². The fraction of sp³-hybridized carbons (Fsp3) is 0.222. The molecule has 0 spiro atoms. The number of sulfonamides is 1. The first-order chi connectivity index (χ1) is 12.8. The topological polar surface area (TPSA) is 101 Å². The van der Waals surface area contributed by atoms with E-state index in [9.17, 15) is 13.2 Å². The smallest absolute Gasteiger partial charge is 0.241 e. The summed E-state index contributed by atoms with van der Waals surface area (Å²) in [5.41, 5.74) is 2.32. The van der Waals surface area contributed by atoms with Crippen molar-refractivity contribution in [3.63, 3.8) is 0 Å². The molecule has 3 aromatic rings. The van der Waals surface area contributed by atoms with Crippen LogP contribution in [0.4, 0.5) is 5.88 Å². The van der Waals surface area contributed by atoms with Gasteiger partial charge in [-0.1, -0.05) is 23.4 Å². The largest absolute Gasteiger partial charge is 0.337 e. The first-order valence-electron chi connectivity index (χ1n) is 8.15. The number of carbonyl (C=O) groups is 1. The number of rotatable bonds is 6. The molecule has 142 valence electrons. The molecule has 0 aliphatic heterocycles. The minimum absolute atomic E-state index is 0.172. The Morgan fingerprint density at radius 1 is 1.26 bits per heavy atom. The highest BCUT2D eigenvalue weighted by Crippen LogP contribution is 2.33. The van der Waals surface area contributed by atoms with Gasteiger partial charge in [-0.2, -0.15) is 0 Å². The first kappa shape index (κ1) is 19.3. The van der Waals surface area contributed by atoms with Gasteiger partial charge in [-0.25, -0.2) is 13.1 Å². The van der Waals surface area contributed by atoms with E-state index in [-0.39, 0.29) is 23.2 Å². The highest BCUT2D eigenvalue weighted by molar-refractivity contribution is 7.89. The Balaban J connectivity index is 1.97. The van der Waals surface area contributed by atoms with E-state index in [0.29, 0.717) is 22.4 Å². The van der Waals surface area contributed by atoms with Gasteiger partial charge in [0.1, 0.15) is 0 Å². The van der Waals surface area contributed by atoms with Crippen LogP contribution in [0.2, 0.25) is 0 Å². The van der Waals surface area contributed by atoms with Gasteiger partial charge < -0.3 is 4.52 Å². The molecule has 3 rings (SSSR count). The molecule has 0 radical (unpaired) electrons. The number of benzene rings is 1. The summed E-state index contributed by atoms with van der Waals surface area (Å²) in [6.45, 7) is 5.06. The summed E-state index contributed by atoms with van der Waals surface area (Å²) in [6.07, 6.45) is 0. The van der Waals surface area contributed by atoms with Crippen molar-refractivity contribution in [2.24, 2.45) is 0 Å². The number of carbonyl (C=O) groups excluding carboxylic acids is 1. The third-order valence-electron chi connectivity index (χ3n) is 3.94. The number of nitrogens with one attached hydrogen (secondary N) is 2. The number of anilines is 1. The standard InChI is InChI=1S/C18H19N3O4S2/c1-11-6-7-14(17-12(2)21-25-18(17)20-13(3)22)9-16(11)27(23,24)19-10-15-5-4-8-26-15/h4-9,19H,10H2,1-3H3,(H,20,22). The number of hydrogen-bond donors (Lipinski definition) is 2. The van der Waals surface area contributed by atoms with E-state index in [1.807, 2.05) is 17.5 Å². The molecule has 1 amide bonds. The van der Waals surface area contributed by atoms with Gasteiger partial charge in [-0.05, 0) is 42.5 Å². The van der Waals surface area contributed by atoms with Gasteiger partial charge in [0.2, 0.25) is 21.8 Å². The van der Waals surface area contributed by atoms with Gasteiger partial charge in [-0.3, -0.25) is 10.1 Å². The Hall–Kier alpha value is -2.49. The lowest BCUT2D eigenvalue weighted by Gasteiger charge is -2.11. The Labute approximate surface area is 161 Å². The van der Waals surface area contributed by atoms with Crippen LogP contribution in [0.25, 0.3) is 11.1 Å². The van der Waals surface area contributed by atoms with Crippen LogP contribution in [0.1, 0.15) is 23.1 Å². The van der Waals surface area contributed by atoms with Crippen LogP contribution in [0.5, 0.6) is 0 Å². The number of nitrogens with zero attached hydrogens (tertiary/aromatic N) is 1. The molecule has 2 aromatic heterocycles. The van der Waals surface area contributed by atoms with Crippen molar-refractivity contribution < 1.29 is 17.7 Å². The van der Waals surface area contributed by atoms with Gasteiger partial charge in [0.15, 0.2) is 0 Å². The second-order valence-corrected chi connectivity index (χ2v) is 8.81. The molecule has 9 heteroatoms. The second kappa shape index (κ2) is 7.63. The molecule has 0 fully saturated rings. The fourth-order valence-corrected chi connectivity index (χ4v) is 4.67. The average molecular weight is 406 g/mol. The summed E-state index contributed by atoms with van der Waals surface area (Å²) < 4.78 is 33.4. The van der Waals surface area contributed by atoms with Crippen LogP contribution in [-0.2, 0) is 21.4 Å². The minimum atomic E-state index is -3.71. The van der Waals surface area contributed by atoms with Crippen molar-refractivity contribution in [1.29, 1.82) is 0 Å². The van der Waals surface area contributed by atoms with Crippen molar-refractivity contribution in [2.75, 3.05) is 5.32 Å². The Morgan fingerprint density at radius 3 is 2.70 bits per heavy atom. The van der Waals surface area contributed by atoms with Crippen molar-refractivity contribution in [1.82, 2.24) is 9.88 Å². The van der Waals surface area contributed by atoms with Crippen LogP contribution in [0.3, 0.4) is 0 Å². The Kier molecular flexibility index (Phi) is 5.45. The SMILES string of the molecule is CC(=O)Nc1onc(C)c1-c1ccc(C)c(S(=O)(=O)NCc2cccs2)c1. The van der Waals surface area contributed by atoms with Crippen molar-refractivity contribution in [3.8, 4) is 11.1 Å². The molecule has 0 saturated heterocycles. The summed E-state index contributed by atoms with van der Waals surface area (Å²) in [6, 6.07) is 8.81. The molecule has 1 aromatic carbocycles. The van der Waals surface area contributed by atoms with E-state index in [0.717, 1.165) is 4.88 Å². The first-order valence-corrected chi connectivity index (χ1v) is 10.5. The van der Waals surface area contributed by atoms with Gasteiger partial charge in [0, 0.05) is 18.3 Å². The molecule has 7 nitrogen and oxygen atoms in total. The second-order valence-electron chi connectivity index (χ2n) is 6.04. The number of aromatic nitrogens is 1. The maximum Gasteiger partial charge on any atom is 0.241 e. The third-order valence-corrected chi connectivity index (χ3v) is 6.35. The monoisotopic (exact) mass is 405 g/mol. The zero-order valence-corrected chi connectivity index (χ0v) is 16.7. The summed E-state index contributed by atoms with van der Waals surface area (Å²) >= 11 is 1.49. The van der Waals surface area contributed by atoms with Crippen molar-refractivity contribution >= 4 is 33.2 Å². The maximum atomic E-state index is 12.8. The maximum absolute atomic E-state index is 12.8. The van der Waals surface area contributed by atoms with Crippen LogP contribution >= 0.6 is 11.3 Å². The predicted molar refractivity (Wildman–Crippen MR) is 104 cm³/mol. The van der Waals surface area contributed by atoms with E-state index >= 15 is 0 Å². The Bertz CT molecular complexity index is 1070. The molecule has 0 bridgehead atoms. The van der Waals surface area contributed by atoms with Crippen LogP contribution in [0, 0.1) is 13.8 Å². The number of amides is 1. The lowest BCUT2D eigenvalue weighted by Crippen LogP contribution is -2.23. The molecule has 0 aliphatic rings. The third kappa shape index (κ3) is 4.26. The van der Waals surface area contributed by atoms with Gasteiger partial charge in [0.25, 0.3) is 0 Å². The minimum Gasteiger partial charge on any atom is -0.337 e. The van der Waals surface area contributed by atoms with Crippen LogP contribution < -0.4 is 10.0 Å². The average Bonchev–Trinajstić information content (AvgIpc) is 3.23. The van der Waals surface area contributed by atoms with Gasteiger partial charge in [0.05, 0.1) is 16.2 Å². The molecule has 2 heterocycles. The quantitative estimate of drug-likeness (QED) is 0.654. The van der Waals surface area contributed by atoms with Crippen molar-refractivity contribution in [3.05, 3.63) is 51.8 Å². The summed E-state index contributed by atoms with van der Waals surface area (Å²) in [7, 11) is -3.71. The number of thiophene rings is 1. The molecule has 0 saturated carbocycles. The summed E-state index contributed by atoms with van der Waals surface area (Å²) in [5, 5.41) is 8.35.